The molecular weight excluding hydrogens is 352 g/mol. The second kappa shape index (κ2) is 12.3. The molecule has 27 heavy (non-hydrogen) atoms. The number of halogens is 1. The lowest BCUT2D eigenvalue weighted by molar-refractivity contribution is -0.115. The van der Waals surface area contributed by atoms with Crippen LogP contribution in [0.25, 0.3) is 12.2 Å². The van der Waals surface area contributed by atoms with Crippen molar-refractivity contribution in [3.05, 3.63) is 83.4 Å². The number of carbonyl (C=O) groups is 1. The zero-order chi connectivity index (χ0) is 19.3. The topological polar surface area (TPSA) is 17.1 Å². The average molecular weight is 381 g/mol. The SMILES string of the molecule is Cc1ccc(/C=C/CCCC(CCC/C=C/c2ccccc2)C(=O)Cl)cc1. The minimum atomic E-state index is -0.190. The van der Waals surface area contributed by atoms with Gasteiger partial charge in [-0.2, -0.15) is 0 Å². The highest BCUT2D eigenvalue weighted by Crippen LogP contribution is 2.20. The summed E-state index contributed by atoms with van der Waals surface area (Å²) >= 11 is 5.80. The van der Waals surface area contributed by atoms with Crippen LogP contribution in [0.2, 0.25) is 0 Å². The Kier molecular flexibility index (Phi) is 9.65. The summed E-state index contributed by atoms with van der Waals surface area (Å²) in [5.74, 6) is -0.0235. The highest BCUT2D eigenvalue weighted by Gasteiger charge is 2.14. The minimum Gasteiger partial charge on any atom is -0.281 e. The summed E-state index contributed by atoms with van der Waals surface area (Å²) < 4.78 is 0. The maximum Gasteiger partial charge on any atom is 0.224 e. The van der Waals surface area contributed by atoms with Crippen molar-refractivity contribution in [3.63, 3.8) is 0 Å². The Morgan fingerprint density at radius 1 is 0.852 bits per heavy atom. The molecule has 1 atom stereocenters. The number of rotatable bonds is 11. The quantitative estimate of drug-likeness (QED) is 0.292. The van der Waals surface area contributed by atoms with Crippen molar-refractivity contribution < 1.29 is 4.79 Å². The van der Waals surface area contributed by atoms with Gasteiger partial charge in [0.25, 0.3) is 0 Å². The Bertz CT molecular complexity index is 729. The number of carbonyl (C=O) groups excluding carboxylic acids is 1. The lowest BCUT2D eigenvalue weighted by Gasteiger charge is -2.10. The molecule has 2 aromatic rings. The standard InChI is InChI=1S/C25H29ClO/c1-21-17-19-23(20-18-21)14-8-4-10-16-24(25(26)27)15-9-3-7-13-22-11-5-2-6-12-22/h2,5-8,11-14,17-20,24H,3-4,9-10,15-16H2,1H3/b13-7+,14-8+. The van der Waals surface area contributed by atoms with Gasteiger partial charge in [0.1, 0.15) is 0 Å². The Morgan fingerprint density at radius 2 is 1.37 bits per heavy atom. The fourth-order valence-corrected chi connectivity index (χ4v) is 3.23. The molecule has 0 aliphatic heterocycles. The van der Waals surface area contributed by atoms with Gasteiger partial charge in [-0.1, -0.05) is 84.5 Å². The molecule has 0 bridgehead atoms. The normalized spacial score (nSPS) is 12.7. The van der Waals surface area contributed by atoms with E-state index in [9.17, 15) is 4.79 Å². The first-order valence-corrected chi connectivity index (χ1v) is 10.2. The molecule has 0 aromatic heterocycles. The van der Waals surface area contributed by atoms with Crippen molar-refractivity contribution in [1.82, 2.24) is 0 Å². The highest BCUT2D eigenvalue weighted by molar-refractivity contribution is 6.63. The summed E-state index contributed by atoms with van der Waals surface area (Å²) in [6.45, 7) is 2.09. The molecule has 142 valence electrons. The second-order valence-electron chi connectivity index (χ2n) is 6.99. The molecule has 0 spiro atoms. The molecule has 0 fully saturated rings. The first kappa shape index (κ1) is 21.2. The van der Waals surface area contributed by atoms with E-state index in [1.807, 2.05) is 18.2 Å². The molecule has 0 radical (unpaired) electrons. The molecule has 2 rings (SSSR count). The summed E-state index contributed by atoms with van der Waals surface area (Å²) in [5.41, 5.74) is 3.70. The molecule has 0 aliphatic rings. The highest BCUT2D eigenvalue weighted by atomic mass is 35.5. The van der Waals surface area contributed by atoms with Crippen LogP contribution in [-0.2, 0) is 4.79 Å². The molecule has 1 nitrogen and oxygen atoms in total. The summed E-state index contributed by atoms with van der Waals surface area (Å²) in [4.78, 5) is 11.7. The predicted molar refractivity (Wildman–Crippen MR) is 118 cm³/mol. The number of hydrogen-bond donors (Lipinski definition) is 0. The van der Waals surface area contributed by atoms with Crippen molar-refractivity contribution in [2.24, 2.45) is 5.92 Å². The van der Waals surface area contributed by atoms with E-state index < -0.39 is 0 Å². The maximum atomic E-state index is 11.7. The molecule has 2 aromatic carbocycles. The van der Waals surface area contributed by atoms with Crippen LogP contribution in [0, 0.1) is 12.8 Å². The summed E-state index contributed by atoms with van der Waals surface area (Å²) in [6.07, 6.45) is 14.3. The van der Waals surface area contributed by atoms with Crippen LogP contribution in [-0.4, -0.2) is 5.24 Å². The molecule has 0 saturated carbocycles. The zero-order valence-electron chi connectivity index (χ0n) is 16.1. The lowest BCUT2D eigenvalue weighted by Crippen LogP contribution is -2.08. The molecule has 0 heterocycles. The predicted octanol–water partition coefficient (Wildman–Crippen LogP) is 7.44. The van der Waals surface area contributed by atoms with Crippen LogP contribution >= 0.6 is 11.6 Å². The smallest absolute Gasteiger partial charge is 0.224 e. The van der Waals surface area contributed by atoms with E-state index in [1.54, 1.807) is 0 Å². The Hall–Kier alpha value is -2.12. The van der Waals surface area contributed by atoms with Gasteiger partial charge in [-0.15, -0.1) is 0 Å². The summed E-state index contributed by atoms with van der Waals surface area (Å²) in [6, 6.07) is 18.8. The van der Waals surface area contributed by atoms with Crippen LogP contribution in [0.1, 0.15) is 55.2 Å². The molecular formula is C25H29ClO. The molecule has 2 heteroatoms. The third kappa shape index (κ3) is 8.88. The van der Waals surface area contributed by atoms with Crippen molar-refractivity contribution in [1.29, 1.82) is 0 Å². The van der Waals surface area contributed by atoms with E-state index >= 15 is 0 Å². The van der Waals surface area contributed by atoms with Gasteiger partial charge in [-0.25, -0.2) is 0 Å². The van der Waals surface area contributed by atoms with Crippen molar-refractivity contribution >= 4 is 29.0 Å². The largest absolute Gasteiger partial charge is 0.281 e. The molecule has 0 aliphatic carbocycles. The van der Waals surface area contributed by atoms with Crippen molar-refractivity contribution in [2.75, 3.05) is 0 Å². The minimum absolute atomic E-state index is 0.0235. The van der Waals surface area contributed by atoms with Crippen molar-refractivity contribution in [2.45, 2.75) is 45.4 Å². The van der Waals surface area contributed by atoms with Gasteiger partial charge >= 0.3 is 0 Å². The molecule has 0 N–H and O–H groups in total. The monoisotopic (exact) mass is 380 g/mol. The van der Waals surface area contributed by atoms with Gasteiger partial charge in [0, 0.05) is 5.92 Å². The van der Waals surface area contributed by atoms with Gasteiger partial charge in [0.15, 0.2) is 0 Å². The van der Waals surface area contributed by atoms with Crippen molar-refractivity contribution in [3.8, 4) is 0 Å². The molecule has 1 unspecified atom stereocenters. The maximum absolute atomic E-state index is 11.7. The number of allylic oxidation sites excluding steroid dienone is 2. The van der Waals surface area contributed by atoms with E-state index in [0.29, 0.717) is 0 Å². The fourth-order valence-electron chi connectivity index (χ4n) is 3.02. The first-order chi connectivity index (χ1) is 13.1. The first-order valence-electron chi connectivity index (χ1n) is 9.79. The van der Waals surface area contributed by atoms with Gasteiger partial charge in [0.05, 0.1) is 0 Å². The fraction of sp³-hybridized carbons (Fsp3) is 0.320. The van der Waals surface area contributed by atoms with E-state index in [4.69, 9.17) is 11.6 Å². The number of aryl methyl sites for hydroxylation is 1. The molecule has 0 saturated heterocycles. The third-order valence-corrected chi connectivity index (χ3v) is 4.97. The van der Waals surface area contributed by atoms with Gasteiger partial charge in [0.2, 0.25) is 5.24 Å². The van der Waals surface area contributed by atoms with Crippen LogP contribution in [0.15, 0.2) is 66.7 Å². The zero-order valence-corrected chi connectivity index (χ0v) is 16.9. The van der Waals surface area contributed by atoms with Gasteiger partial charge in [-0.05, 0) is 68.2 Å². The summed E-state index contributed by atoms with van der Waals surface area (Å²) in [5, 5.41) is -0.190. The average Bonchev–Trinajstić information content (AvgIpc) is 2.68. The second-order valence-corrected chi connectivity index (χ2v) is 7.36. The molecule has 0 amide bonds. The Labute approximate surface area is 168 Å². The number of benzene rings is 2. The van der Waals surface area contributed by atoms with E-state index in [1.165, 1.54) is 16.7 Å². The van der Waals surface area contributed by atoms with Crippen LogP contribution in [0.5, 0.6) is 0 Å². The number of unbranched alkanes of at least 4 members (excludes halogenated alkanes) is 2. The lowest BCUT2D eigenvalue weighted by atomic mass is 9.96. The van der Waals surface area contributed by atoms with Crippen LogP contribution in [0.4, 0.5) is 0 Å². The van der Waals surface area contributed by atoms with E-state index in [0.717, 1.165) is 38.5 Å². The van der Waals surface area contributed by atoms with Crippen LogP contribution in [0.3, 0.4) is 0 Å². The number of hydrogen-bond acceptors (Lipinski definition) is 1. The Balaban J connectivity index is 1.65. The van der Waals surface area contributed by atoms with E-state index in [-0.39, 0.29) is 11.2 Å². The van der Waals surface area contributed by atoms with E-state index in [2.05, 4.69) is 67.6 Å². The van der Waals surface area contributed by atoms with Crippen LogP contribution < -0.4 is 0 Å². The Morgan fingerprint density at radius 3 is 1.89 bits per heavy atom. The summed E-state index contributed by atoms with van der Waals surface area (Å²) in [7, 11) is 0. The van der Waals surface area contributed by atoms with Gasteiger partial charge < -0.3 is 0 Å². The van der Waals surface area contributed by atoms with Gasteiger partial charge in [-0.3, -0.25) is 4.79 Å². The third-order valence-electron chi connectivity index (χ3n) is 4.67.